The van der Waals surface area contributed by atoms with Crippen LogP contribution in [-0.2, 0) is 4.79 Å². The van der Waals surface area contributed by atoms with E-state index in [0.29, 0.717) is 11.1 Å². The van der Waals surface area contributed by atoms with Crippen molar-refractivity contribution in [3.63, 3.8) is 0 Å². The fraction of sp³-hybridized carbons (Fsp3) is 0.211. The highest BCUT2D eigenvalue weighted by Crippen LogP contribution is 2.45. The lowest BCUT2D eigenvalue weighted by molar-refractivity contribution is -0.116. The molecule has 3 rings (SSSR count). The Balaban J connectivity index is 2.00. The van der Waals surface area contributed by atoms with Gasteiger partial charge in [0.1, 0.15) is 11.5 Å². The highest BCUT2D eigenvalue weighted by Gasteiger charge is 2.42. The molecular weight excluding hydrogens is 324 g/mol. The van der Waals surface area contributed by atoms with Gasteiger partial charge in [-0.3, -0.25) is 4.79 Å². The number of phenols is 2. The van der Waals surface area contributed by atoms with Crippen LogP contribution in [-0.4, -0.2) is 33.3 Å². The monoisotopic (exact) mass is 342 g/mol. The average molecular weight is 342 g/mol. The Morgan fingerprint density at radius 3 is 2.36 bits per heavy atom. The van der Waals surface area contributed by atoms with Gasteiger partial charge in [-0.05, 0) is 35.4 Å². The van der Waals surface area contributed by atoms with E-state index in [2.05, 4.69) is 0 Å². The highest BCUT2D eigenvalue weighted by atomic mass is 16.5. The van der Waals surface area contributed by atoms with Crippen LogP contribution in [0.3, 0.4) is 0 Å². The summed E-state index contributed by atoms with van der Waals surface area (Å²) in [6.07, 6.45) is -0.0359. The van der Waals surface area contributed by atoms with Crippen LogP contribution in [0.4, 0.5) is 0 Å². The SMILES string of the molecule is COc1cc(C2C(=O)C=C(O)C2C(O)c2ccc(O)cc2)ccc1O. The van der Waals surface area contributed by atoms with Crippen molar-refractivity contribution in [2.24, 2.45) is 5.92 Å². The molecule has 1 aliphatic rings. The van der Waals surface area contributed by atoms with Gasteiger partial charge in [-0.25, -0.2) is 0 Å². The molecule has 0 radical (unpaired) electrons. The molecular formula is C19H18O6. The fourth-order valence-electron chi connectivity index (χ4n) is 3.16. The number of benzene rings is 2. The molecule has 130 valence electrons. The van der Waals surface area contributed by atoms with Gasteiger partial charge >= 0.3 is 0 Å². The van der Waals surface area contributed by atoms with Crippen molar-refractivity contribution in [3.05, 3.63) is 65.4 Å². The molecule has 6 heteroatoms. The molecule has 0 spiro atoms. The third-order valence-corrected chi connectivity index (χ3v) is 4.43. The molecule has 0 amide bonds. The number of methoxy groups -OCH3 is 1. The number of ether oxygens (including phenoxy) is 1. The number of aliphatic hydroxyl groups is 2. The summed E-state index contributed by atoms with van der Waals surface area (Å²) in [7, 11) is 1.40. The Kier molecular flexibility index (Phi) is 4.37. The second kappa shape index (κ2) is 6.49. The molecule has 0 saturated carbocycles. The number of aliphatic hydroxyl groups excluding tert-OH is 2. The third kappa shape index (κ3) is 3.04. The summed E-state index contributed by atoms with van der Waals surface area (Å²) in [4.78, 5) is 12.4. The maximum absolute atomic E-state index is 12.4. The van der Waals surface area contributed by atoms with Crippen LogP contribution in [0.2, 0.25) is 0 Å². The Labute approximate surface area is 144 Å². The van der Waals surface area contributed by atoms with Gasteiger partial charge in [0.05, 0.1) is 25.0 Å². The quantitative estimate of drug-likeness (QED) is 0.680. The van der Waals surface area contributed by atoms with Crippen LogP contribution in [0, 0.1) is 5.92 Å². The number of allylic oxidation sites excluding steroid dienone is 1. The van der Waals surface area contributed by atoms with Gasteiger partial charge in [0.2, 0.25) is 0 Å². The number of rotatable bonds is 4. The van der Waals surface area contributed by atoms with E-state index in [1.54, 1.807) is 6.07 Å². The largest absolute Gasteiger partial charge is 0.512 e. The van der Waals surface area contributed by atoms with Crippen molar-refractivity contribution in [2.75, 3.05) is 7.11 Å². The van der Waals surface area contributed by atoms with E-state index in [4.69, 9.17) is 4.74 Å². The summed E-state index contributed by atoms with van der Waals surface area (Å²) in [5, 5.41) is 40.0. The molecule has 0 saturated heterocycles. The summed E-state index contributed by atoms with van der Waals surface area (Å²) in [6, 6.07) is 10.4. The number of ketones is 1. The van der Waals surface area contributed by atoms with E-state index in [1.165, 1.54) is 43.5 Å². The molecule has 2 aromatic rings. The molecule has 0 aliphatic heterocycles. The standard InChI is InChI=1S/C19H18O6/c1-25-16-8-11(4-7-13(16)21)17-14(22)9-15(23)18(17)19(24)10-2-5-12(20)6-3-10/h2-9,17-21,23-24H,1H3. The van der Waals surface area contributed by atoms with E-state index in [-0.39, 0.29) is 28.8 Å². The lowest BCUT2D eigenvalue weighted by Gasteiger charge is -2.25. The summed E-state index contributed by atoms with van der Waals surface area (Å²) in [5.41, 5.74) is 0.982. The molecule has 2 aromatic carbocycles. The second-order valence-corrected chi connectivity index (χ2v) is 5.94. The first-order valence-electron chi connectivity index (χ1n) is 7.70. The molecule has 4 N–H and O–H groups in total. The first kappa shape index (κ1) is 16.9. The first-order valence-corrected chi connectivity index (χ1v) is 7.70. The van der Waals surface area contributed by atoms with Crippen molar-refractivity contribution in [2.45, 2.75) is 12.0 Å². The number of hydrogen-bond acceptors (Lipinski definition) is 6. The summed E-state index contributed by atoms with van der Waals surface area (Å²) < 4.78 is 5.07. The predicted molar refractivity (Wildman–Crippen MR) is 89.7 cm³/mol. The molecule has 0 heterocycles. The number of hydrogen-bond donors (Lipinski definition) is 4. The predicted octanol–water partition coefficient (Wildman–Crippen LogP) is 2.56. The smallest absolute Gasteiger partial charge is 0.167 e. The Hall–Kier alpha value is -2.99. The summed E-state index contributed by atoms with van der Waals surface area (Å²) in [5.74, 6) is -2.03. The zero-order valence-corrected chi connectivity index (χ0v) is 13.5. The molecule has 1 aliphatic carbocycles. The first-order chi connectivity index (χ1) is 11.9. The topological polar surface area (TPSA) is 107 Å². The van der Waals surface area contributed by atoms with Gasteiger partial charge in [-0.15, -0.1) is 0 Å². The third-order valence-electron chi connectivity index (χ3n) is 4.43. The van der Waals surface area contributed by atoms with Crippen LogP contribution >= 0.6 is 0 Å². The van der Waals surface area contributed by atoms with Crippen LogP contribution in [0.1, 0.15) is 23.1 Å². The Morgan fingerprint density at radius 1 is 1.04 bits per heavy atom. The number of aromatic hydroxyl groups is 2. The van der Waals surface area contributed by atoms with Crippen molar-refractivity contribution in [3.8, 4) is 17.2 Å². The maximum atomic E-state index is 12.4. The molecule has 3 atom stereocenters. The average Bonchev–Trinajstić information content (AvgIpc) is 2.89. The minimum atomic E-state index is -1.15. The Morgan fingerprint density at radius 2 is 1.72 bits per heavy atom. The zero-order chi connectivity index (χ0) is 18.1. The van der Waals surface area contributed by atoms with E-state index in [0.717, 1.165) is 6.08 Å². The molecule has 3 unspecified atom stereocenters. The van der Waals surface area contributed by atoms with Gasteiger partial charge < -0.3 is 25.2 Å². The van der Waals surface area contributed by atoms with Crippen LogP contribution in [0.5, 0.6) is 17.2 Å². The summed E-state index contributed by atoms with van der Waals surface area (Å²) >= 11 is 0. The van der Waals surface area contributed by atoms with Crippen LogP contribution < -0.4 is 4.74 Å². The van der Waals surface area contributed by atoms with E-state index in [1.807, 2.05) is 0 Å². The number of carbonyl (C=O) groups is 1. The normalized spacial score (nSPS) is 21.0. The van der Waals surface area contributed by atoms with Gasteiger partial charge in [0, 0.05) is 6.08 Å². The number of carbonyl (C=O) groups excluding carboxylic acids is 1. The van der Waals surface area contributed by atoms with E-state index < -0.39 is 17.9 Å². The van der Waals surface area contributed by atoms with Crippen LogP contribution in [0.15, 0.2) is 54.3 Å². The van der Waals surface area contributed by atoms with E-state index in [9.17, 15) is 25.2 Å². The highest BCUT2D eigenvalue weighted by molar-refractivity contribution is 5.99. The van der Waals surface area contributed by atoms with Gasteiger partial charge in [-0.1, -0.05) is 18.2 Å². The molecule has 25 heavy (non-hydrogen) atoms. The van der Waals surface area contributed by atoms with Crippen LogP contribution in [0.25, 0.3) is 0 Å². The molecule has 0 bridgehead atoms. The van der Waals surface area contributed by atoms with Crippen molar-refractivity contribution >= 4 is 5.78 Å². The minimum absolute atomic E-state index is 0.0537. The van der Waals surface area contributed by atoms with Gasteiger partial charge in [-0.2, -0.15) is 0 Å². The fourth-order valence-corrected chi connectivity index (χ4v) is 3.16. The van der Waals surface area contributed by atoms with Gasteiger partial charge in [0.25, 0.3) is 0 Å². The number of phenolic OH excluding ortho intramolecular Hbond substituents is 2. The lowest BCUT2D eigenvalue weighted by atomic mass is 9.81. The minimum Gasteiger partial charge on any atom is -0.512 e. The molecule has 6 nitrogen and oxygen atoms in total. The lowest BCUT2D eigenvalue weighted by Crippen LogP contribution is -2.22. The van der Waals surface area contributed by atoms with E-state index >= 15 is 0 Å². The second-order valence-electron chi connectivity index (χ2n) is 5.94. The van der Waals surface area contributed by atoms with Crippen molar-refractivity contribution in [1.82, 2.24) is 0 Å². The molecule has 0 fully saturated rings. The summed E-state index contributed by atoms with van der Waals surface area (Å²) in [6.45, 7) is 0. The van der Waals surface area contributed by atoms with Crippen molar-refractivity contribution in [1.29, 1.82) is 0 Å². The molecule has 0 aromatic heterocycles. The Bertz CT molecular complexity index is 824. The van der Waals surface area contributed by atoms with Crippen molar-refractivity contribution < 1.29 is 30.0 Å². The zero-order valence-electron chi connectivity index (χ0n) is 13.5. The van der Waals surface area contributed by atoms with Gasteiger partial charge in [0.15, 0.2) is 17.3 Å². The maximum Gasteiger partial charge on any atom is 0.167 e.